The lowest BCUT2D eigenvalue weighted by Crippen LogP contribution is -2.30. The fourth-order valence-corrected chi connectivity index (χ4v) is 9.12. The highest BCUT2D eigenvalue weighted by atomic mass is 32.2. The van der Waals surface area contributed by atoms with Crippen molar-refractivity contribution in [2.75, 3.05) is 17.7 Å². The van der Waals surface area contributed by atoms with Crippen LogP contribution in [0.15, 0.2) is 156 Å². The van der Waals surface area contributed by atoms with Gasteiger partial charge in [0.15, 0.2) is 0 Å². The molecule has 0 aliphatic heterocycles. The highest BCUT2D eigenvalue weighted by Gasteiger charge is 2.32. The summed E-state index contributed by atoms with van der Waals surface area (Å²) < 4.78 is 5.22. The van der Waals surface area contributed by atoms with Crippen molar-refractivity contribution in [2.45, 2.75) is 35.3 Å². The quantitative estimate of drug-likeness (QED) is 0.0648. The SMILES string of the molecule is COC(=O)c1c(NC(=O)C(Sc2cccc(NC(=O)/C(=C/c3ccccc3)NC(=O)c3ccccc3)c2)c2ccccc2)sc2c1CCC(c1ccccc1)C2. The van der Waals surface area contributed by atoms with E-state index < -0.39 is 23.0 Å². The van der Waals surface area contributed by atoms with Crippen LogP contribution in [-0.4, -0.2) is 30.8 Å². The van der Waals surface area contributed by atoms with Crippen LogP contribution < -0.4 is 16.0 Å². The van der Waals surface area contributed by atoms with Crippen molar-refractivity contribution in [1.82, 2.24) is 5.32 Å². The fraction of sp³-hybridized carbons (Fsp3) is 0.130. The average Bonchev–Trinajstić information content (AvgIpc) is 3.60. The van der Waals surface area contributed by atoms with Crippen LogP contribution in [0.2, 0.25) is 0 Å². The second-order valence-corrected chi connectivity index (χ2v) is 15.5. The molecule has 0 saturated heterocycles. The molecule has 5 aromatic carbocycles. The van der Waals surface area contributed by atoms with Crippen molar-refractivity contribution in [3.05, 3.63) is 190 Å². The second-order valence-electron chi connectivity index (χ2n) is 13.2. The third-order valence-corrected chi connectivity index (χ3v) is 11.9. The molecule has 1 aromatic heterocycles. The lowest BCUT2D eigenvalue weighted by molar-refractivity contribution is -0.116. The topological polar surface area (TPSA) is 114 Å². The third-order valence-electron chi connectivity index (χ3n) is 9.49. The van der Waals surface area contributed by atoms with Gasteiger partial charge in [-0.2, -0.15) is 0 Å². The number of esters is 1. The number of rotatable bonds is 12. The monoisotopic (exact) mass is 777 g/mol. The molecule has 0 spiro atoms. The molecule has 10 heteroatoms. The maximum atomic E-state index is 14.3. The van der Waals surface area contributed by atoms with Gasteiger partial charge in [0.25, 0.3) is 11.8 Å². The first-order chi connectivity index (χ1) is 27.4. The first-order valence-corrected chi connectivity index (χ1v) is 19.9. The normalized spacial score (nSPS) is 14.2. The van der Waals surface area contributed by atoms with Gasteiger partial charge in [-0.25, -0.2) is 4.79 Å². The molecule has 0 fully saturated rings. The van der Waals surface area contributed by atoms with Crippen LogP contribution in [0.3, 0.4) is 0 Å². The van der Waals surface area contributed by atoms with E-state index in [1.54, 1.807) is 48.5 Å². The van der Waals surface area contributed by atoms with E-state index in [2.05, 4.69) is 28.1 Å². The molecule has 1 aliphatic carbocycles. The summed E-state index contributed by atoms with van der Waals surface area (Å²) in [6.07, 6.45) is 4.00. The molecule has 1 aliphatic rings. The van der Waals surface area contributed by atoms with Crippen LogP contribution in [0.1, 0.15) is 65.4 Å². The molecule has 8 nitrogen and oxygen atoms in total. The summed E-state index contributed by atoms with van der Waals surface area (Å²) in [6.45, 7) is 0. The van der Waals surface area contributed by atoms with E-state index in [4.69, 9.17) is 4.74 Å². The minimum absolute atomic E-state index is 0.0693. The molecular formula is C46H39N3O5S2. The van der Waals surface area contributed by atoms with Gasteiger partial charge in [0, 0.05) is 21.0 Å². The number of hydrogen-bond donors (Lipinski definition) is 3. The van der Waals surface area contributed by atoms with E-state index in [1.807, 2.05) is 91.0 Å². The van der Waals surface area contributed by atoms with Gasteiger partial charge >= 0.3 is 5.97 Å². The maximum absolute atomic E-state index is 14.3. The van der Waals surface area contributed by atoms with Gasteiger partial charge in [0.2, 0.25) is 5.91 Å². The Morgan fingerprint density at radius 3 is 2.14 bits per heavy atom. The number of nitrogens with one attached hydrogen (secondary N) is 3. The Morgan fingerprint density at radius 1 is 0.786 bits per heavy atom. The van der Waals surface area contributed by atoms with Crippen molar-refractivity contribution < 1.29 is 23.9 Å². The number of hydrogen-bond acceptors (Lipinski definition) is 7. The smallest absolute Gasteiger partial charge is 0.341 e. The van der Waals surface area contributed by atoms with E-state index in [-0.39, 0.29) is 11.6 Å². The first-order valence-electron chi connectivity index (χ1n) is 18.2. The van der Waals surface area contributed by atoms with Gasteiger partial charge < -0.3 is 20.7 Å². The number of fused-ring (bicyclic) bond motifs is 1. The minimum atomic E-state index is -0.706. The van der Waals surface area contributed by atoms with E-state index in [0.29, 0.717) is 34.2 Å². The van der Waals surface area contributed by atoms with Gasteiger partial charge in [0.1, 0.15) is 15.9 Å². The maximum Gasteiger partial charge on any atom is 0.341 e. The summed E-state index contributed by atoms with van der Waals surface area (Å²) in [4.78, 5) is 56.2. The van der Waals surface area contributed by atoms with Crippen LogP contribution in [0, 0.1) is 0 Å². The Labute approximate surface area is 334 Å². The number of carbonyl (C=O) groups is 4. The molecule has 2 atom stereocenters. The summed E-state index contributed by atoms with van der Waals surface area (Å²) >= 11 is 2.76. The number of benzene rings is 5. The summed E-state index contributed by atoms with van der Waals surface area (Å²) in [5.41, 5.74) is 5.10. The van der Waals surface area contributed by atoms with Gasteiger partial charge in [-0.05, 0) is 83.8 Å². The Bertz CT molecular complexity index is 2360. The molecule has 0 bridgehead atoms. The molecule has 0 radical (unpaired) electrons. The van der Waals surface area contributed by atoms with E-state index in [0.717, 1.165) is 39.3 Å². The number of methoxy groups -OCH3 is 1. The summed E-state index contributed by atoms with van der Waals surface area (Å²) in [7, 11) is 1.36. The molecule has 3 amide bonds. The minimum Gasteiger partial charge on any atom is -0.465 e. The van der Waals surface area contributed by atoms with Crippen LogP contribution in [0.25, 0.3) is 6.08 Å². The summed E-state index contributed by atoms with van der Waals surface area (Å²) in [5, 5.41) is 8.59. The number of thiophene rings is 1. The van der Waals surface area contributed by atoms with Gasteiger partial charge in [0.05, 0.1) is 12.7 Å². The van der Waals surface area contributed by atoms with E-state index in [1.165, 1.54) is 35.8 Å². The zero-order valence-corrected chi connectivity index (χ0v) is 32.2. The molecule has 56 heavy (non-hydrogen) atoms. The second kappa shape index (κ2) is 17.9. The predicted molar refractivity (Wildman–Crippen MR) is 224 cm³/mol. The van der Waals surface area contributed by atoms with Crippen molar-refractivity contribution in [1.29, 1.82) is 0 Å². The molecule has 0 saturated carbocycles. The van der Waals surface area contributed by atoms with Crippen molar-refractivity contribution in [2.24, 2.45) is 0 Å². The average molecular weight is 778 g/mol. The van der Waals surface area contributed by atoms with Crippen LogP contribution >= 0.6 is 23.1 Å². The van der Waals surface area contributed by atoms with E-state index in [9.17, 15) is 19.2 Å². The van der Waals surface area contributed by atoms with Crippen molar-refractivity contribution in [3.63, 3.8) is 0 Å². The van der Waals surface area contributed by atoms with Crippen LogP contribution in [-0.2, 0) is 27.2 Å². The molecule has 7 rings (SSSR count). The summed E-state index contributed by atoms with van der Waals surface area (Å²) in [5.74, 6) is -1.37. The predicted octanol–water partition coefficient (Wildman–Crippen LogP) is 9.69. The molecule has 3 N–H and O–H groups in total. The highest BCUT2D eigenvalue weighted by molar-refractivity contribution is 8.00. The third kappa shape index (κ3) is 9.17. The van der Waals surface area contributed by atoms with Gasteiger partial charge in [-0.3, -0.25) is 14.4 Å². The standard InChI is InChI=1S/C46H39N3O5S2/c1-54-46(53)40-37-26-25-34(31-17-8-3-9-18-31)28-39(37)56-45(40)49-44(52)41(32-19-10-4-11-20-32)55-36-24-14-23-35(29-36)47-43(51)38(27-30-15-6-2-7-16-30)48-42(50)33-21-12-5-13-22-33/h2-24,27,29,34,41H,25-26,28H2,1H3,(H,47,51)(H,48,50)(H,49,52)/b38-27-. The highest BCUT2D eigenvalue weighted by Crippen LogP contribution is 2.44. The lowest BCUT2D eigenvalue weighted by Gasteiger charge is -2.22. The van der Waals surface area contributed by atoms with Gasteiger partial charge in [-0.15, -0.1) is 23.1 Å². The van der Waals surface area contributed by atoms with Crippen LogP contribution in [0.5, 0.6) is 0 Å². The number of thioether (sulfide) groups is 1. The molecular weight excluding hydrogens is 739 g/mol. The van der Waals surface area contributed by atoms with Gasteiger partial charge in [-0.1, -0.05) is 115 Å². The number of ether oxygens (including phenoxy) is 1. The number of carbonyl (C=O) groups excluding carboxylic acids is 4. The zero-order chi connectivity index (χ0) is 38.9. The van der Waals surface area contributed by atoms with Crippen molar-refractivity contribution >= 4 is 63.6 Å². The van der Waals surface area contributed by atoms with Crippen molar-refractivity contribution in [3.8, 4) is 0 Å². The first kappa shape index (κ1) is 38.1. The Kier molecular flexibility index (Phi) is 12.2. The number of amides is 3. The zero-order valence-electron chi connectivity index (χ0n) is 30.6. The van der Waals surface area contributed by atoms with Crippen LogP contribution in [0.4, 0.5) is 10.7 Å². The fourth-order valence-electron chi connectivity index (χ4n) is 6.72. The molecule has 2 unspecified atom stereocenters. The Morgan fingerprint density at radius 2 is 1.45 bits per heavy atom. The molecule has 6 aromatic rings. The lowest BCUT2D eigenvalue weighted by atomic mass is 9.83. The Balaban J connectivity index is 1.12. The Hall–Kier alpha value is -6.23. The summed E-state index contributed by atoms with van der Waals surface area (Å²) in [6, 6.07) is 45.0. The van der Waals surface area contributed by atoms with E-state index >= 15 is 0 Å². The number of anilines is 2. The largest absolute Gasteiger partial charge is 0.465 e. The molecule has 280 valence electrons. The molecule has 1 heterocycles.